The minimum absolute atomic E-state index is 0.823. The van der Waals surface area contributed by atoms with E-state index >= 15 is 0 Å². The molecule has 0 radical (unpaired) electrons. The maximum Gasteiger partial charge on any atom is 0.0351 e. The number of hydrogen-bond donors (Lipinski definition) is 1. The molecule has 0 amide bonds. The van der Waals surface area contributed by atoms with Gasteiger partial charge in [0.1, 0.15) is 0 Å². The van der Waals surface area contributed by atoms with Crippen molar-refractivity contribution in [2.24, 2.45) is 5.92 Å². The SMILES string of the molecule is CC.CC.CC1CC2CC2N1.COC. The molecular weight excluding hydrogens is 174 g/mol. The van der Waals surface area contributed by atoms with Gasteiger partial charge in [0.2, 0.25) is 0 Å². The van der Waals surface area contributed by atoms with E-state index in [0.29, 0.717) is 0 Å². The van der Waals surface area contributed by atoms with Crippen LogP contribution in [-0.2, 0) is 4.74 Å². The Morgan fingerprint density at radius 2 is 1.43 bits per heavy atom. The highest BCUT2D eigenvalue weighted by atomic mass is 16.4. The van der Waals surface area contributed by atoms with Crippen LogP contribution in [-0.4, -0.2) is 26.3 Å². The predicted octanol–water partition coefficient (Wildman–Crippen LogP) is 3.07. The first-order valence-electron chi connectivity index (χ1n) is 5.94. The summed E-state index contributed by atoms with van der Waals surface area (Å²) in [6.45, 7) is 10.3. The fourth-order valence-corrected chi connectivity index (χ4v) is 1.60. The van der Waals surface area contributed by atoms with Gasteiger partial charge in [0, 0.05) is 26.3 Å². The maximum absolute atomic E-state index is 4.25. The lowest BCUT2D eigenvalue weighted by molar-refractivity contribution is 0.277. The van der Waals surface area contributed by atoms with Crippen molar-refractivity contribution in [1.29, 1.82) is 0 Å². The topological polar surface area (TPSA) is 21.3 Å². The van der Waals surface area contributed by atoms with E-state index in [1.165, 1.54) is 12.8 Å². The minimum Gasteiger partial charge on any atom is -0.388 e. The zero-order valence-corrected chi connectivity index (χ0v) is 11.1. The quantitative estimate of drug-likeness (QED) is 0.653. The van der Waals surface area contributed by atoms with Crippen molar-refractivity contribution in [3.63, 3.8) is 0 Å². The lowest BCUT2D eigenvalue weighted by Crippen LogP contribution is -2.21. The van der Waals surface area contributed by atoms with Crippen LogP contribution in [0.4, 0.5) is 0 Å². The summed E-state index contributed by atoms with van der Waals surface area (Å²) in [5.41, 5.74) is 0. The molecule has 3 unspecified atom stereocenters. The summed E-state index contributed by atoms with van der Waals surface area (Å²) < 4.78 is 4.25. The van der Waals surface area contributed by atoms with Gasteiger partial charge < -0.3 is 10.1 Å². The average Bonchev–Trinajstić information content (AvgIpc) is 2.82. The molecule has 14 heavy (non-hydrogen) atoms. The summed E-state index contributed by atoms with van der Waals surface area (Å²) in [6.07, 6.45) is 2.90. The van der Waals surface area contributed by atoms with Crippen molar-refractivity contribution < 1.29 is 4.74 Å². The first-order chi connectivity index (χ1) is 6.77. The molecule has 1 N–H and O–H groups in total. The van der Waals surface area contributed by atoms with Crippen LogP contribution in [0.3, 0.4) is 0 Å². The van der Waals surface area contributed by atoms with Crippen LogP contribution in [0, 0.1) is 5.92 Å². The van der Waals surface area contributed by atoms with Crippen molar-refractivity contribution in [3.8, 4) is 0 Å². The van der Waals surface area contributed by atoms with Crippen LogP contribution in [0.1, 0.15) is 47.5 Å². The molecule has 88 valence electrons. The molecule has 0 aromatic carbocycles. The predicted molar refractivity (Wildman–Crippen MR) is 64.7 cm³/mol. The Balaban J connectivity index is 0. The Hall–Kier alpha value is -0.0800. The van der Waals surface area contributed by atoms with E-state index in [0.717, 1.165) is 18.0 Å². The lowest BCUT2D eigenvalue weighted by Gasteiger charge is -2.01. The fraction of sp³-hybridized carbons (Fsp3) is 1.00. The molecule has 1 aliphatic heterocycles. The van der Waals surface area contributed by atoms with Gasteiger partial charge in [-0.2, -0.15) is 0 Å². The van der Waals surface area contributed by atoms with E-state index in [4.69, 9.17) is 0 Å². The Morgan fingerprint density at radius 3 is 1.57 bits per heavy atom. The number of hydrogen-bond acceptors (Lipinski definition) is 2. The van der Waals surface area contributed by atoms with E-state index < -0.39 is 0 Å². The van der Waals surface area contributed by atoms with Gasteiger partial charge >= 0.3 is 0 Å². The number of methoxy groups -OCH3 is 1. The summed E-state index contributed by atoms with van der Waals surface area (Å²) in [6, 6.07) is 1.76. The van der Waals surface area contributed by atoms with Gasteiger partial charge in [0.15, 0.2) is 0 Å². The molecule has 2 rings (SSSR count). The first kappa shape index (κ1) is 16.4. The van der Waals surface area contributed by atoms with Crippen LogP contribution in [0.25, 0.3) is 0 Å². The van der Waals surface area contributed by atoms with Gasteiger partial charge in [0.05, 0.1) is 0 Å². The number of piperidine rings is 1. The molecule has 2 fully saturated rings. The molecule has 1 saturated heterocycles. The van der Waals surface area contributed by atoms with Gasteiger partial charge in [0.25, 0.3) is 0 Å². The van der Waals surface area contributed by atoms with Crippen LogP contribution in [0.2, 0.25) is 0 Å². The summed E-state index contributed by atoms with van der Waals surface area (Å²) >= 11 is 0. The van der Waals surface area contributed by atoms with E-state index in [1.807, 2.05) is 27.7 Å². The second-order valence-corrected chi connectivity index (χ2v) is 3.31. The van der Waals surface area contributed by atoms with Crippen molar-refractivity contribution in [2.45, 2.75) is 59.5 Å². The number of fused-ring (bicyclic) bond motifs is 1. The van der Waals surface area contributed by atoms with Crippen molar-refractivity contribution in [3.05, 3.63) is 0 Å². The third-order valence-electron chi connectivity index (χ3n) is 2.08. The van der Waals surface area contributed by atoms with Crippen LogP contribution in [0.5, 0.6) is 0 Å². The third-order valence-corrected chi connectivity index (χ3v) is 2.08. The number of ether oxygens (including phenoxy) is 1. The van der Waals surface area contributed by atoms with Crippen LogP contribution in [0.15, 0.2) is 0 Å². The van der Waals surface area contributed by atoms with Gasteiger partial charge in [-0.3, -0.25) is 0 Å². The third kappa shape index (κ3) is 7.34. The molecule has 3 atom stereocenters. The first-order valence-corrected chi connectivity index (χ1v) is 5.94. The number of rotatable bonds is 0. The molecule has 0 spiro atoms. The normalized spacial score (nSPS) is 30.6. The molecule has 2 aliphatic rings. The maximum atomic E-state index is 4.25. The highest BCUT2D eigenvalue weighted by Gasteiger charge is 2.43. The molecule has 0 aromatic rings. The van der Waals surface area contributed by atoms with Gasteiger partial charge in [-0.25, -0.2) is 0 Å². The summed E-state index contributed by atoms with van der Waals surface area (Å²) in [5, 5.41) is 3.49. The lowest BCUT2D eigenvalue weighted by atomic mass is 10.2. The van der Waals surface area contributed by atoms with E-state index in [9.17, 15) is 0 Å². The Labute approximate surface area is 90.4 Å². The second-order valence-electron chi connectivity index (χ2n) is 3.31. The Kier molecular flexibility index (Phi) is 12.8. The zero-order chi connectivity index (χ0) is 11.6. The fourth-order valence-electron chi connectivity index (χ4n) is 1.60. The van der Waals surface area contributed by atoms with E-state index in [2.05, 4.69) is 17.0 Å². The monoisotopic (exact) mass is 203 g/mol. The van der Waals surface area contributed by atoms with Crippen LogP contribution >= 0.6 is 0 Å². The highest BCUT2D eigenvalue weighted by molar-refractivity contribution is 5.01. The van der Waals surface area contributed by atoms with Crippen molar-refractivity contribution in [2.75, 3.05) is 14.2 Å². The van der Waals surface area contributed by atoms with Crippen LogP contribution < -0.4 is 5.32 Å². The van der Waals surface area contributed by atoms with E-state index in [1.54, 1.807) is 14.2 Å². The molecular formula is C12H29NO. The zero-order valence-electron chi connectivity index (χ0n) is 11.1. The Morgan fingerprint density at radius 1 is 1.00 bits per heavy atom. The summed E-state index contributed by atoms with van der Waals surface area (Å²) in [4.78, 5) is 0. The second kappa shape index (κ2) is 11.0. The van der Waals surface area contributed by atoms with E-state index in [-0.39, 0.29) is 0 Å². The standard InChI is InChI=1S/C6H11N.C2H6O.2C2H6/c1-4-2-5-3-6(5)7-4;1-3-2;2*1-2/h4-7H,2-3H2,1H3;1-2H3;2*1-2H3. The minimum atomic E-state index is 0.823. The van der Waals surface area contributed by atoms with Crippen molar-refractivity contribution >= 4 is 0 Å². The largest absolute Gasteiger partial charge is 0.388 e. The molecule has 0 bridgehead atoms. The molecule has 1 heterocycles. The number of nitrogens with one attached hydrogen (secondary N) is 1. The average molecular weight is 203 g/mol. The molecule has 0 aromatic heterocycles. The molecule has 2 nitrogen and oxygen atoms in total. The van der Waals surface area contributed by atoms with Gasteiger partial charge in [-0.05, 0) is 25.7 Å². The van der Waals surface area contributed by atoms with Gasteiger partial charge in [-0.15, -0.1) is 0 Å². The molecule has 2 heteroatoms. The van der Waals surface area contributed by atoms with Crippen molar-refractivity contribution in [1.82, 2.24) is 5.32 Å². The summed E-state index contributed by atoms with van der Waals surface area (Å²) in [5.74, 6) is 1.08. The molecule has 1 aliphatic carbocycles. The smallest absolute Gasteiger partial charge is 0.0351 e. The summed E-state index contributed by atoms with van der Waals surface area (Å²) in [7, 11) is 3.25. The molecule has 1 saturated carbocycles. The highest BCUT2D eigenvalue weighted by Crippen LogP contribution is 2.40. The Bertz CT molecular complexity index is 96.5. The van der Waals surface area contributed by atoms with Gasteiger partial charge in [-0.1, -0.05) is 27.7 Å².